The van der Waals surface area contributed by atoms with Gasteiger partial charge in [0, 0.05) is 25.1 Å². The van der Waals surface area contributed by atoms with E-state index in [1.807, 2.05) is 6.92 Å². The second kappa shape index (κ2) is 4.69. The van der Waals surface area contributed by atoms with E-state index in [1.54, 1.807) is 0 Å². The Morgan fingerprint density at radius 2 is 2.00 bits per heavy atom. The molecule has 0 saturated carbocycles. The van der Waals surface area contributed by atoms with Crippen molar-refractivity contribution in [3.63, 3.8) is 0 Å². The van der Waals surface area contributed by atoms with E-state index in [1.165, 1.54) is 7.05 Å². The molecular weight excluding hydrogens is 258 g/mol. The predicted molar refractivity (Wildman–Crippen MR) is 62.8 cm³/mol. The Morgan fingerprint density at radius 3 is 2.56 bits per heavy atom. The molecule has 0 atom stereocenters. The Kier molecular flexibility index (Phi) is 3.24. The third-order valence-corrected chi connectivity index (χ3v) is 3.18. The molecule has 1 fully saturated rings. The van der Waals surface area contributed by atoms with Crippen molar-refractivity contribution >= 4 is 34.4 Å². The molecule has 0 bridgehead atoms. The van der Waals surface area contributed by atoms with Crippen LogP contribution in [0.25, 0.3) is 0 Å². The smallest absolute Gasteiger partial charge is 0.334 e. The number of aromatic nitrogens is 2. The molecule has 8 nitrogen and oxygen atoms in total. The summed E-state index contributed by atoms with van der Waals surface area (Å²) < 4.78 is 3.75. The zero-order valence-corrected chi connectivity index (χ0v) is 10.7. The molecule has 18 heavy (non-hydrogen) atoms. The molecule has 1 aromatic rings. The van der Waals surface area contributed by atoms with E-state index >= 15 is 0 Å². The van der Waals surface area contributed by atoms with Gasteiger partial charge in [0.15, 0.2) is 0 Å². The normalized spacial score (nSPS) is 15.8. The lowest BCUT2D eigenvalue weighted by atomic mass is 10.4. The van der Waals surface area contributed by atoms with Crippen molar-refractivity contribution in [2.24, 2.45) is 0 Å². The van der Waals surface area contributed by atoms with Crippen molar-refractivity contribution in [1.82, 2.24) is 19.4 Å². The Labute approximate surface area is 107 Å². The third-order valence-electron chi connectivity index (χ3n) is 2.45. The summed E-state index contributed by atoms with van der Waals surface area (Å²) in [5.74, 6) is -1.66. The zero-order chi connectivity index (χ0) is 13.3. The summed E-state index contributed by atoms with van der Waals surface area (Å²) in [4.78, 5) is 36.2. The van der Waals surface area contributed by atoms with Gasteiger partial charge in [0.1, 0.15) is 10.7 Å². The van der Waals surface area contributed by atoms with Crippen LogP contribution in [0.1, 0.15) is 12.6 Å². The van der Waals surface area contributed by atoms with Crippen LogP contribution in [0.2, 0.25) is 0 Å². The van der Waals surface area contributed by atoms with Crippen molar-refractivity contribution in [3.05, 3.63) is 5.69 Å². The zero-order valence-electron chi connectivity index (χ0n) is 9.84. The number of anilines is 1. The second-order valence-corrected chi connectivity index (χ2v) is 4.37. The Hall–Kier alpha value is -2.03. The topological polar surface area (TPSA) is 95.5 Å². The van der Waals surface area contributed by atoms with Crippen LogP contribution in [-0.2, 0) is 16.1 Å². The predicted octanol–water partition coefficient (Wildman–Crippen LogP) is -0.109. The summed E-state index contributed by atoms with van der Waals surface area (Å²) in [6.07, 6.45) is 0. The van der Waals surface area contributed by atoms with Crippen LogP contribution >= 0.6 is 11.5 Å². The summed E-state index contributed by atoms with van der Waals surface area (Å²) in [6, 6.07) is -0.638. The van der Waals surface area contributed by atoms with Crippen molar-refractivity contribution in [2.75, 3.05) is 18.9 Å². The average Bonchev–Trinajstić information content (AvgIpc) is 2.86. The van der Waals surface area contributed by atoms with E-state index in [9.17, 15) is 14.4 Å². The van der Waals surface area contributed by atoms with Crippen LogP contribution in [0.4, 0.5) is 9.80 Å². The summed E-state index contributed by atoms with van der Waals surface area (Å²) in [6.45, 7) is 2.54. The highest BCUT2D eigenvalue weighted by atomic mass is 32.1. The van der Waals surface area contributed by atoms with Gasteiger partial charge in [-0.1, -0.05) is 4.49 Å². The van der Waals surface area contributed by atoms with Crippen molar-refractivity contribution < 1.29 is 14.4 Å². The fourth-order valence-corrected chi connectivity index (χ4v) is 2.15. The Balaban J connectivity index is 2.19. The van der Waals surface area contributed by atoms with Crippen LogP contribution < -0.4 is 5.32 Å². The highest BCUT2D eigenvalue weighted by Gasteiger charge is 2.42. The van der Waals surface area contributed by atoms with E-state index in [0.717, 1.165) is 21.3 Å². The fraction of sp³-hybridized carbons (Fsp3) is 0.444. The van der Waals surface area contributed by atoms with Gasteiger partial charge >= 0.3 is 17.8 Å². The Morgan fingerprint density at radius 1 is 1.28 bits per heavy atom. The van der Waals surface area contributed by atoms with Gasteiger partial charge in [0.25, 0.3) is 0 Å². The molecule has 9 heteroatoms. The van der Waals surface area contributed by atoms with Gasteiger partial charge in [-0.25, -0.2) is 9.69 Å². The van der Waals surface area contributed by atoms with Crippen molar-refractivity contribution in [3.8, 4) is 0 Å². The van der Waals surface area contributed by atoms with E-state index in [4.69, 9.17) is 0 Å². The first-order valence-corrected chi connectivity index (χ1v) is 6.02. The Bertz CT molecular complexity index is 514. The number of nitrogens with zero attached hydrogens (tertiary/aromatic N) is 4. The molecule has 4 amide bonds. The lowest BCUT2D eigenvalue weighted by molar-refractivity contribution is -0.143. The molecule has 2 rings (SSSR count). The molecule has 0 radical (unpaired) electrons. The van der Waals surface area contributed by atoms with Gasteiger partial charge in [-0.15, -0.1) is 5.10 Å². The summed E-state index contributed by atoms with van der Waals surface area (Å²) in [5, 5.41) is 7.57. The first-order valence-electron chi connectivity index (χ1n) is 5.24. The third kappa shape index (κ3) is 1.92. The molecule has 0 aliphatic carbocycles. The quantitative estimate of drug-likeness (QED) is 0.605. The van der Waals surface area contributed by atoms with Gasteiger partial charge in [0.2, 0.25) is 0 Å². The largest absolute Gasteiger partial charge is 0.374 e. The standard InChI is InChI=1S/C9H11N5O3S/c1-3-10-6-5(11-12-18-6)4-14-8(16)7(15)13(2)9(14)17/h10H,3-4H2,1-2H3. The molecule has 1 aliphatic heterocycles. The highest BCUT2D eigenvalue weighted by molar-refractivity contribution is 7.10. The molecule has 0 unspecified atom stereocenters. The number of likely N-dealkylation sites (N-methyl/N-ethyl adjacent to an activating group) is 1. The molecular formula is C9H11N5O3S. The number of urea groups is 1. The maximum atomic E-state index is 11.7. The first kappa shape index (κ1) is 12.4. The summed E-state index contributed by atoms with van der Waals surface area (Å²) in [5.41, 5.74) is 0.478. The lowest BCUT2D eigenvalue weighted by Crippen LogP contribution is -2.31. The monoisotopic (exact) mass is 269 g/mol. The minimum atomic E-state index is -0.835. The van der Waals surface area contributed by atoms with Crippen molar-refractivity contribution in [2.45, 2.75) is 13.5 Å². The van der Waals surface area contributed by atoms with Crippen LogP contribution in [0, 0.1) is 0 Å². The maximum absolute atomic E-state index is 11.7. The number of amides is 4. The van der Waals surface area contributed by atoms with E-state index in [2.05, 4.69) is 14.9 Å². The number of imide groups is 2. The van der Waals surface area contributed by atoms with Crippen LogP contribution in [0.5, 0.6) is 0 Å². The molecule has 0 aromatic carbocycles. The summed E-state index contributed by atoms with van der Waals surface area (Å²) in [7, 11) is 1.27. The van der Waals surface area contributed by atoms with Crippen LogP contribution in [0.15, 0.2) is 0 Å². The molecule has 1 aliphatic rings. The number of carbonyl (C=O) groups excluding carboxylic acids is 3. The second-order valence-electron chi connectivity index (χ2n) is 3.62. The van der Waals surface area contributed by atoms with Crippen LogP contribution in [0.3, 0.4) is 0 Å². The minimum Gasteiger partial charge on any atom is -0.374 e. The molecule has 1 aromatic heterocycles. The number of carbonyl (C=O) groups is 3. The molecule has 96 valence electrons. The van der Waals surface area contributed by atoms with Gasteiger partial charge in [0.05, 0.1) is 6.54 Å². The van der Waals surface area contributed by atoms with E-state index < -0.39 is 17.8 Å². The van der Waals surface area contributed by atoms with Crippen LogP contribution in [-0.4, -0.2) is 50.8 Å². The molecule has 1 N–H and O–H groups in total. The number of rotatable bonds is 4. The van der Waals surface area contributed by atoms with Crippen molar-refractivity contribution in [1.29, 1.82) is 0 Å². The molecule has 0 spiro atoms. The van der Waals surface area contributed by atoms with Gasteiger partial charge < -0.3 is 5.32 Å². The average molecular weight is 269 g/mol. The van der Waals surface area contributed by atoms with Gasteiger partial charge in [-0.05, 0) is 6.92 Å². The van der Waals surface area contributed by atoms with Gasteiger partial charge in [-0.3, -0.25) is 14.5 Å². The maximum Gasteiger partial charge on any atom is 0.334 e. The summed E-state index contributed by atoms with van der Waals surface area (Å²) >= 11 is 1.14. The van der Waals surface area contributed by atoms with E-state index in [-0.39, 0.29) is 6.54 Å². The number of nitrogens with one attached hydrogen (secondary N) is 1. The SMILES string of the molecule is CCNc1snnc1CN1C(=O)C(=O)N(C)C1=O. The van der Waals surface area contributed by atoms with Gasteiger partial charge in [-0.2, -0.15) is 0 Å². The fourth-order valence-electron chi connectivity index (χ4n) is 1.51. The first-order chi connectivity index (χ1) is 8.56. The van der Waals surface area contributed by atoms with E-state index in [0.29, 0.717) is 17.2 Å². The number of hydrogen-bond acceptors (Lipinski definition) is 7. The number of hydrogen-bond donors (Lipinski definition) is 1. The highest BCUT2D eigenvalue weighted by Crippen LogP contribution is 2.21. The minimum absolute atomic E-state index is 0.0490. The molecule has 2 heterocycles. The lowest BCUT2D eigenvalue weighted by Gasteiger charge is -2.11. The molecule has 1 saturated heterocycles.